The van der Waals surface area contributed by atoms with Crippen molar-refractivity contribution < 1.29 is 8.42 Å². The van der Waals surface area contributed by atoms with Crippen LogP contribution in [0.4, 0.5) is 5.69 Å². The van der Waals surface area contributed by atoms with E-state index in [4.69, 9.17) is 5.73 Å². The summed E-state index contributed by atoms with van der Waals surface area (Å²) >= 11 is 0. The molecule has 96 valence electrons. The second-order valence-corrected chi connectivity index (χ2v) is 5.87. The highest BCUT2D eigenvalue weighted by Crippen LogP contribution is 2.23. The number of hydrogen-bond donors (Lipinski definition) is 1. The van der Waals surface area contributed by atoms with Crippen LogP contribution in [0.25, 0.3) is 0 Å². The molecule has 17 heavy (non-hydrogen) atoms. The monoisotopic (exact) mass is 256 g/mol. The molecule has 0 bridgehead atoms. The summed E-state index contributed by atoms with van der Waals surface area (Å²) in [4.78, 5) is 0. The third-order valence-electron chi connectivity index (χ3n) is 2.61. The molecule has 1 rings (SSSR count). The van der Waals surface area contributed by atoms with Gasteiger partial charge in [0.1, 0.15) is 0 Å². The molecule has 1 aromatic rings. The first-order chi connectivity index (χ1) is 8.00. The third kappa shape index (κ3) is 3.71. The van der Waals surface area contributed by atoms with E-state index < -0.39 is 10.0 Å². The molecule has 5 heteroatoms. The second-order valence-electron chi connectivity index (χ2n) is 3.96. The SMILES string of the molecule is CCc1ccccc1N(CCCN)S(C)(=O)=O. The molecule has 0 saturated heterocycles. The minimum absolute atomic E-state index is 0.437. The predicted octanol–water partition coefficient (Wildman–Crippen LogP) is 1.36. The number of sulfonamides is 1. The van der Waals surface area contributed by atoms with Crippen molar-refractivity contribution in [1.82, 2.24) is 0 Å². The van der Waals surface area contributed by atoms with Gasteiger partial charge in [-0.2, -0.15) is 0 Å². The van der Waals surface area contributed by atoms with Crippen LogP contribution < -0.4 is 10.0 Å². The number of aryl methyl sites for hydroxylation is 1. The molecule has 0 saturated carbocycles. The molecule has 0 unspecified atom stereocenters. The van der Waals surface area contributed by atoms with E-state index in [-0.39, 0.29) is 0 Å². The maximum absolute atomic E-state index is 11.8. The van der Waals surface area contributed by atoms with Crippen molar-refractivity contribution in [3.8, 4) is 0 Å². The van der Waals surface area contributed by atoms with E-state index in [1.807, 2.05) is 31.2 Å². The van der Waals surface area contributed by atoms with Gasteiger partial charge in [-0.3, -0.25) is 4.31 Å². The third-order valence-corrected chi connectivity index (χ3v) is 3.79. The molecule has 0 atom stereocenters. The molecule has 4 nitrogen and oxygen atoms in total. The van der Waals surface area contributed by atoms with Crippen LogP contribution in [0.15, 0.2) is 24.3 Å². The zero-order valence-corrected chi connectivity index (χ0v) is 11.2. The number of anilines is 1. The topological polar surface area (TPSA) is 63.4 Å². The Morgan fingerprint density at radius 1 is 1.29 bits per heavy atom. The lowest BCUT2D eigenvalue weighted by atomic mass is 10.1. The summed E-state index contributed by atoms with van der Waals surface area (Å²) < 4.78 is 25.0. The van der Waals surface area contributed by atoms with Crippen LogP contribution >= 0.6 is 0 Å². The first-order valence-corrected chi connectivity index (χ1v) is 7.61. The standard InChI is InChI=1S/C12H20N2O2S/c1-3-11-7-4-5-8-12(11)14(10-6-9-13)17(2,15)16/h4-5,7-8H,3,6,9-10,13H2,1-2H3. The van der Waals surface area contributed by atoms with Gasteiger partial charge in [0.2, 0.25) is 10.0 Å². The van der Waals surface area contributed by atoms with Crippen LogP contribution in [0, 0.1) is 0 Å². The van der Waals surface area contributed by atoms with Gasteiger partial charge in [-0.25, -0.2) is 8.42 Å². The van der Waals surface area contributed by atoms with Crippen molar-refractivity contribution in [2.75, 3.05) is 23.7 Å². The first kappa shape index (κ1) is 14.0. The van der Waals surface area contributed by atoms with E-state index in [0.717, 1.165) is 17.7 Å². The molecule has 0 fully saturated rings. The van der Waals surface area contributed by atoms with Gasteiger partial charge in [-0.1, -0.05) is 25.1 Å². The zero-order valence-electron chi connectivity index (χ0n) is 10.4. The Balaban J connectivity index is 3.13. The molecule has 0 aromatic heterocycles. The summed E-state index contributed by atoms with van der Waals surface area (Å²) in [6.45, 7) is 2.94. The fourth-order valence-corrected chi connectivity index (χ4v) is 2.75. The Labute approximate surface area is 103 Å². The number of benzene rings is 1. The Hall–Kier alpha value is -1.07. The molecule has 0 amide bonds. The second kappa shape index (κ2) is 6.02. The van der Waals surface area contributed by atoms with Gasteiger partial charge >= 0.3 is 0 Å². The van der Waals surface area contributed by atoms with E-state index in [1.165, 1.54) is 10.6 Å². The number of hydrogen-bond acceptors (Lipinski definition) is 3. The smallest absolute Gasteiger partial charge is 0.232 e. The van der Waals surface area contributed by atoms with E-state index >= 15 is 0 Å². The summed E-state index contributed by atoms with van der Waals surface area (Å²) in [7, 11) is -3.25. The van der Waals surface area contributed by atoms with Gasteiger partial charge in [0.25, 0.3) is 0 Å². The van der Waals surface area contributed by atoms with Gasteiger partial charge in [0.15, 0.2) is 0 Å². The van der Waals surface area contributed by atoms with Gasteiger partial charge in [0.05, 0.1) is 11.9 Å². The van der Waals surface area contributed by atoms with Crippen LogP contribution in [0.1, 0.15) is 18.9 Å². The van der Waals surface area contributed by atoms with Crippen LogP contribution in [0.3, 0.4) is 0 Å². The molecule has 0 radical (unpaired) electrons. The maximum atomic E-state index is 11.8. The fraction of sp³-hybridized carbons (Fsp3) is 0.500. The van der Waals surface area contributed by atoms with Crippen LogP contribution in [-0.2, 0) is 16.4 Å². The highest BCUT2D eigenvalue weighted by Gasteiger charge is 2.18. The molecule has 2 N–H and O–H groups in total. The van der Waals surface area contributed by atoms with E-state index in [1.54, 1.807) is 0 Å². The Bertz CT molecular complexity index is 457. The van der Waals surface area contributed by atoms with Crippen molar-refractivity contribution in [2.24, 2.45) is 5.73 Å². The predicted molar refractivity (Wildman–Crippen MR) is 71.7 cm³/mol. The lowest BCUT2D eigenvalue weighted by molar-refractivity contribution is 0.595. The minimum atomic E-state index is -3.25. The summed E-state index contributed by atoms with van der Waals surface area (Å²) in [6, 6.07) is 7.58. The number of nitrogens with two attached hydrogens (primary N) is 1. The quantitative estimate of drug-likeness (QED) is 0.836. The molecular formula is C12H20N2O2S. The summed E-state index contributed by atoms with van der Waals surface area (Å²) in [6.07, 6.45) is 2.70. The molecule has 0 aliphatic heterocycles. The lowest BCUT2D eigenvalue weighted by Crippen LogP contribution is -2.32. The fourth-order valence-electron chi connectivity index (χ4n) is 1.75. The van der Waals surface area contributed by atoms with Crippen LogP contribution in [0.5, 0.6) is 0 Å². The number of nitrogens with zero attached hydrogens (tertiary/aromatic N) is 1. The average Bonchev–Trinajstić information content (AvgIpc) is 2.28. The summed E-state index contributed by atoms with van der Waals surface area (Å²) in [5, 5.41) is 0. The Kier molecular flexibility index (Phi) is 4.96. The van der Waals surface area contributed by atoms with Crippen molar-refractivity contribution in [1.29, 1.82) is 0 Å². The van der Waals surface area contributed by atoms with E-state index in [9.17, 15) is 8.42 Å². The Morgan fingerprint density at radius 2 is 1.94 bits per heavy atom. The average molecular weight is 256 g/mol. The van der Waals surface area contributed by atoms with Gasteiger partial charge < -0.3 is 5.73 Å². The van der Waals surface area contributed by atoms with E-state index in [2.05, 4.69) is 0 Å². The van der Waals surface area contributed by atoms with Gasteiger partial charge in [-0.05, 0) is 31.0 Å². The molecule has 1 aromatic carbocycles. The van der Waals surface area contributed by atoms with Crippen molar-refractivity contribution in [3.63, 3.8) is 0 Å². The Morgan fingerprint density at radius 3 is 2.47 bits per heavy atom. The molecule has 0 aliphatic carbocycles. The van der Waals surface area contributed by atoms with Crippen LogP contribution in [-0.4, -0.2) is 27.8 Å². The molecule has 0 heterocycles. The van der Waals surface area contributed by atoms with Crippen LogP contribution in [0.2, 0.25) is 0 Å². The lowest BCUT2D eigenvalue weighted by Gasteiger charge is -2.24. The normalized spacial score (nSPS) is 11.5. The van der Waals surface area contributed by atoms with Gasteiger partial charge in [-0.15, -0.1) is 0 Å². The largest absolute Gasteiger partial charge is 0.330 e. The molecule has 0 spiro atoms. The van der Waals surface area contributed by atoms with Crippen molar-refractivity contribution in [3.05, 3.63) is 29.8 Å². The van der Waals surface area contributed by atoms with E-state index in [0.29, 0.717) is 19.5 Å². The number of para-hydroxylation sites is 1. The number of rotatable bonds is 6. The first-order valence-electron chi connectivity index (χ1n) is 5.76. The molecule has 0 aliphatic rings. The molecular weight excluding hydrogens is 236 g/mol. The highest BCUT2D eigenvalue weighted by molar-refractivity contribution is 7.92. The van der Waals surface area contributed by atoms with Crippen molar-refractivity contribution in [2.45, 2.75) is 19.8 Å². The highest BCUT2D eigenvalue weighted by atomic mass is 32.2. The minimum Gasteiger partial charge on any atom is -0.330 e. The zero-order chi connectivity index (χ0) is 12.9. The summed E-state index contributed by atoms with van der Waals surface area (Å²) in [5.74, 6) is 0. The summed E-state index contributed by atoms with van der Waals surface area (Å²) in [5.41, 5.74) is 7.25. The maximum Gasteiger partial charge on any atom is 0.232 e. The van der Waals surface area contributed by atoms with Crippen molar-refractivity contribution >= 4 is 15.7 Å². The van der Waals surface area contributed by atoms with Gasteiger partial charge in [0, 0.05) is 6.54 Å².